The van der Waals surface area contributed by atoms with E-state index in [0.29, 0.717) is 24.3 Å². The van der Waals surface area contributed by atoms with Crippen LogP contribution in [0.25, 0.3) is 0 Å². The first-order chi connectivity index (χ1) is 9.72. The second kappa shape index (κ2) is 5.41. The number of hydrogen-bond acceptors (Lipinski definition) is 8. The molecule has 1 aliphatic rings. The van der Waals surface area contributed by atoms with E-state index in [1.165, 1.54) is 0 Å². The minimum atomic E-state index is -0.550. The van der Waals surface area contributed by atoms with Crippen LogP contribution in [0.2, 0.25) is 0 Å². The first kappa shape index (κ1) is 12.8. The average molecular weight is 276 g/mol. The quantitative estimate of drug-likeness (QED) is 0.821. The summed E-state index contributed by atoms with van der Waals surface area (Å²) in [5, 5.41) is 17.2. The van der Waals surface area contributed by atoms with Crippen molar-refractivity contribution in [3.8, 4) is 0 Å². The van der Waals surface area contributed by atoms with Crippen molar-refractivity contribution < 1.29 is 9.63 Å². The van der Waals surface area contributed by atoms with E-state index in [1.807, 2.05) is 4.90 Å². The Balaban J connectivity index is 1.62. The van der Waals surface area contributed by atoms with Gasteiger partial charge in [0, 0.05) is 32.4 Å². The molecule has 106 valence electrons. The highest BCUT2D eigenvalue weighted by atomic mass is 16.5. The minimum Gasteiger partial charge on any atom is -0.389 e. The molecule has 0 amide bonds. The maximum absolute atomic E-state index is 10.2. The second-order valence-corrected chi connectivity index (χ2v) is 4.74. The van der Waals surface area contributed by atoms with Crippen molar-refractivity contribution >= 4 is 11.9 Å². The Kier molecular flexibility index (Phi) is 3.46. The molecule has 0 unspecified atom stereocenters. The van der Waals surface area contributed by atoms with E-state index in [1.54, 1.807) is 25.4 Å². The zero-order valence-electron chi connectivity index (χ0n) is 11.1. The van der Waals surface area contributed by atoms with Crippen molar-refractivity contribution in [1.82, 2.24) is 20.1 Å². The van der Waals surface area contributed by atoms with E-state index < -0.39 is 6.10 Å². The number of rotatable bonds is 3. The van der Waals surface area contributed by atoms with Crippen LogP contribution in [0, 0.1) is 6.92 Å². The molecule has 0 aliphatic carbocycles. The van der Waals surface area contributed by atoms with Crippen LogP contribution in [0.15, 0.2) is 23.0 Å². The third-order valence-corrected chi connectivity index (χ3v) is 3.26. The van der Waals surface area contributed by atoms with E-state index in [-0.39, 0.29) is 6.04 Å². The van der Waals surface area contributed by atoms with Gasteiger partial charge in [0.05, 0.1) is 12.1 Å². The van der Waals surface area contributed by atoms with Gasteiger partial charge in [0.2, 0.25) is 11.8 Å². The highest BCUT2D eigenvalue weighted by Crippen LogP contribution is 2.19. The molecule has 0 aromatic carbocycles. The predicted molar refractivity (Wildman–Crippen MR) is 71.3 cm³/mol. The summed E-state index contributed by atoms with van der Waals surface area (Å²) in [5.41, 5.74) is 0. The Hall–Kier alpha value is -2.22. The maximum Gasteiger partial charge on any atom is 0.266 e. The number of aliphatic hydroxyl groups excluding tert-OH is 1. The van der Waals surface area contributed by atoms with Crippen LogP contribution in [0.4, 0.5) is 11.9 Å². The minimum absolute atomic E-state index is 0.0818. The number of nitrogens with zero attached hydrogens (tertiary/aromatic N) is 5. The van der Waals surface area contributed by atoms with Gasteiger partial charge in [-0.3, -0.25) is 0 Å². The Morgan fingerprint density at radius 3 is 2.85 bits per heavy atom. The number of aliphatic hydroxyl groups is 1. The van der Waals surface area contributed by atoms with Crippen LogP contribution in [-0.2, 0) is 0 Å². The molecule has 1 aliphatic heterocycles. The van der Waals surface area contributed by atoms with Crippen LogP contribution < -0.4 is 10.2 Å². The van der Waals surface area contributed by atoms with E-state index in [0.717, 1.165) is 13.0 Å². The van der Waals surface area contributed by atoms with Gasteiger partial charge in [0.1, 0.15) is 0 Å². The van der Waals surface area contributed by atoms with Crippen LogP contribution >= 0.6 is 0 Å². The highest BCUT2D eigenvalue weighted by molar-refractivity contribution is 5.32. The van der Waals surface area contributed by atoms with Crippen molar-refractivity contribution in [2.75, 3.05) is 23.3 Å². The smallest absolute Gasteiger partial charge is 0.266 e. The molecule has 2 atom stereocenters. The third-order valence-electron chi connectivity index (χ3n) is 3.26. The topological polar surface area (TPSA) is 100 Å². The van der Waals surface area contributed by atoms with E-state index in [9.17, 15) is 5.11 Å². The number of hydrogen-bond donors (Lipinski definition) is 2. The maximum atomic E-state index is 10.2. The average Bonchev–Trinajstić information content (AvgIpc) is 2.89. The predicted octanol–water partition coefficient (Wildman–Crippen LogP) is 0.220. The number of anilines is 2. The fourth-order valence-electron chi connectivity index (χ4n) is 2.24. The summed E-state index contributed by atoms with van der Waals surface area (Å²) in [6, 6.07) is 1.67. The molecule has 3 heterocycles. The van der Waals surface area contributed by atoms with Gasteiger partial charge in [-0.15, -0.1) is 0 Å². The lowest BCUT2D eigenvalue weighted by Crippen LogP contribution is -2.50. The van der Waals surface area contributed by atoms with Gasteiger partial charge >= 0.3 is 0 Å². The molecule has 8 nitrogen and oxygen atoms in total. The lowest BCUT2D eigenvalue weighted by Gasteiger charge is -2.35. The second-order valence-electron chi connectivity index (χ2n) is 4.74. The fourth-order valence-corrected chi connectivity index (χ4v) is 2.24. The van der Waals surface area contributed by atoms with Crippen molar-refractivity contribution in [3.05, 3.63) is 24.4 Å². The van der Waals surface area contributed by atoms with Crippen LogP contribution in [-0.4, -0.2) is 50.5 Å². The first-order valence-electron chi connectivity index (χ1n) is 6.49. The monoisotopic (exact) mass is 276 g/mol. The lowest BCUT2D eigenvalue weighted by atomic mass is 10.0. The van der Waals surface area contributed by atoms with Crippen molar-refractivity contribution in [1.29, 1.82) is 0 Å². The molecule has 2 N–H and O–H groups in total. The molecular weight excluding hydrogens is 260 g/mol. The van der Waals surface area contributed by atoms with Gasteiger partial charge in [-0.05, 0) is 17.6 Å². The van der Waals surface area contributed by atoms with Crippen molar-refractivity contribution in [2.24, 2.45) is 0 Å². The number of β-amino-alcohol motifs (C(OH)–C–C–N with tert-alkyl or cyclic N) is 1. The molecule has 20 heavy (non-hydrogen) atoms. The Labute approximate surface area is 115 Å². The van der Waals surface area contributed by atoms with Gasteiger partial charge in [-0.1, -0.05) is 0 Å². The van der Waals surface area contributed by atoms with Gasteiger partial charge < -0.3 is 19.8 Å². The SMILES string of the molecule is Cc1nc(N2CC[C@@H](Nc3ncccn3)[C@H](O)C2)no1. The van der Waals surface area contributed by atoms with Gasteiger partial charge in [0.15, 0.2) is 0 Å². The molecular formula is C12H16N6O2. The van der Waals surface area contributed by atoms with E-state index in [2.05, 4.69) is 25.4 Å². The summed E-state index contributed by atoms with van der Waals surface area (Å²) in [5.74, 6) is 1.57. The van der Waals surface area contributed by atoms with Gasteiger partial charge in [-0.2, -0.15) is 4.98 Å². The number of nitrogens with one attached hydrogen (secondary N) is 1. The molecule has 0 radical (unpaired) electrons. The molecule has 8 heteroatoms. The summed E-state index contributed by atoms with van der Waals surface area (Å²) < 4.78 is 4.96. The van der Waals surface area contributed by atoms with Gasteiger partial charge in [-0.25, -0.2) is 9.97 Å². The number of aryl methyl sites for hydroxylation is 1. The summed E-state index contributed by atoms with van der Waals surface area (Å²) >= 11 is 0. The Morgan fingerprint density at radius 2 is 2.20 bits per heavy atom. The largest absolute Gasteiger partial charge is 0.389 e. The molecule has 0 spiro atoms. The number of piperidine rings is 1. The normalized spacial score (nSPS) is 22.8. The number of aromatic nitrogens is 4. The van der Waals surface area contributed by atoms with Gasteiger partial charge in [0.25, 0.3) is 5.95 Å². The fraction of sp³-hybridized carbons (Fsp3) is 0.500. The molecule has 1 saturated heterocycles. The van der Waals surface area contributed by atoms with E-state index >= 15 is 0 Å². The molecule has 3 rings (SSSR count). The third kappa shape index (κ3) is 2.69. The van der Waals surface area contributed by atoms with Crippen LogP contribution in [0.5, 0.6) is 0 Å². The summed E-state index contributed by atoms with van der Waals surface area (Å²) in [4.78, 5) is 14.3. The Bertz CT molecular complexity index is 560. The molecule has 0 saturated carbocycles. The first-order valence-corrected chi connectivity index (χ1v) is 6.49. The lowest BCUT2D eigenvalue weighted by molar-refractivity contribution is 0.139. The standard InChI is InChI=1S/C12H16N6O2/c1-8-15-12(17-20-8)18-6-3-9(10(19)7-18)16-11-13-4-2-5-14-11/h2,4-5,9-10,19H,3,6-7H2,1H3,(H,13,14,16)/t9-,10-/m1/s1. The Morgan fingerprint density at radius 1 is 1.40 bits per heavy atom. The molecule has 0 bridgehead atoms. The summed E-state index contributed by atoms with van der Waals surface area (Å²) in [6.45, 7) is 2.93. The van der Waals surface area contributed by atoms with Crippen molar-refractivity contribution in [2.45, 2.75) is 25.5 Å². The molecule has 1 fully saturated rings. The zero-order chi connectivity index (χ0) is 13.9. The van der Waals surface area contributed by atoms with Crippen molar-refractivity contribution in [3.63, 3.8) is 0 Å². The zero-order valence-corrected chi connectivity index (χ0v) is 11.1. The van der Waals surface area contributed by atoms with Crippen LogP contribution in [0.3, 0.4) is 0 Å². The summed E-state index contributed by atoms with van der Waals surface area (Å²) in [6.07, 6.45) is 3.52. The molecule has 2 aromatic heterocycles. The summed E-state index contributed by atoms with van der Waals surface area (Å²) in [7, 11) is 0. The highest BCUT2D eigenvalue weighted by Gasteiger charge is 2.30. The van der Waals surface area contributed by atoms with Crippen LogP contribution in [0.1, 0.15) is 12.3 Å². The van der Waals surface area contributed by atoms with E-state index in [4.69, 9.17) is 4.52 Å². The molecule has 2 aromatic rings.